The maximum Gasteiger partial charge on any atom is 0.0366 e. The summed E-state index contributed by atoms with van der Waals surface area (Å²) in [6, 6.07) is 29.3. The van der Waals surface area contributed by atoms with E-state index in [-0.39, 0.29) is 0 Å². The molecule has 0 saturated heterocycles. The molecule has 2 heteroatoms. The van der Waals surface area contributed by atoms with E-state index in [1.54, 1.807) is 0 Å². The van der Waals surface area contributed by atoms with Gasteiger partial charge in [0, 0.05) is 24.5 Å². The Morgan fingerprint density at radius 1 is 0.538 bits per heavy atom. The van der Waals surface area contributed by atoms with E-state index in [0.29, 0.717) is 0 Å². The van der Waals surface area contributed by atoms with Crippen molar-refractivity contribution in [2.24, 2.45) is 0 Å². The second-order valence-electron chi connectivity index (χ2n) is 6.55. The highest BCUT2D eigenvalue weighted by atomic mass is 14.9. The predicted molar refractivity (Wildman–Crippen MR) is 114 cm³/mol. The third-order valence-corrected chi connectivity index (χ3v) is 4.51. The van der Waals surface area contributed by atoms with Crippen molar-refractivity contribution < 1.29 is 0 Å². The van der Waals surface area contributed by atoms with Gasteiger partial charge in [-0.15, -0.1) is 0 Å². The van der Waals surface area contributed by atoms with Crippen LogP contribution < -0.4 is 21.1 Å². The summed E-state index contributed by atoms with van der Waals surface area (Å²) in [4.78, 5) is 0. The molecule has 0 aromatic heterocycles. The fourth-order valence-electron chi connectivity index (χ4n) is 3.00. The van der Waals surface area contributed by atoms with Gasteiger partial charge in [0.25, 0.3) is 0 Å². The van der Waals surface area contributed by atoms with Gasteiger partial charge in [-0.25, -0.2) is 0 Å². The zero-order chi connectivity index (χ0) is 18.2. The van der Waals surface area contributed by atoms with Gasteiger partial charge in [-0.2, -0.15) is 0 Å². The molecule has 3 aromatic carbocycles. The van der Waals surface area contributed by atoms with E-state index in [4.69, 9.17) is 0 Å². The summed E-state index contributed by atoms with van der Waals surface area (Å²) < 4.78 is 0. The Balaban J connectivity index is 1.83. The Labute approximate surface area is 155 Å². The third kappa shape index (κ3) is 4.76. The first kappa shape index (κ1) is 17.8. The summed E-state index contributed by atoms with van der Waals surface area (Å²) in [7, 11) is 0. The van der Waals surface area contributed by atoms with Crippen molar-refractivity contribution in [3.63, 3.8) is 0 Å². The first-order valence-corrected chi connectivity index (χ1v) is 9.06. The van der Waals surface area contributed by atoms with Gasteiger partial charge >= 0.3 is 0 Å². The van der Waals surface area contributed by atoms with Gasteiger partial charge in [0.05, 0.1) is 0 Å². The molecule has 0 radical (unpaired) electrons. The van der Waals surface area contributed by atoms with Gasteiger partial charge in [0.1, 0.15) is 0 Å². The Kier molecular flexibility index (Phi) is 6.10. The van der Waals surface area contributed by atoms with E-state index >= 15 is 0 Å². The van der Waals surface area contributed by atoms with E-state index < -0.39 is 0 Å². The molecule has 0 aliphatic rings. The monoisotopic (exact) mass is 342 g/mol. The van der Waals surface area contributed by atoms with Crippen molar-refractivity contribution in [3.8, 4) is 0 Å². The van der Waals surface area contributed by atoms with E-state index in [2.05, 4.69) is 97.3 Å². The first-order valence-electron chi connectivity index (χ1n) is 9.06. The lowest BCUT2D eigenvalue weighted by Gasteiger charge is -2.09. The molecule has 0 fully saturated rings. The van der Waals surface area contributed by atoms with Crippen molar-refractivity contribution in [3.05, 3.63) is 95.4 Å². The molecule has 3 rings (SSSR count). The van der Waals surface area contributed by atoms with Gasteiger partial charge < -0.3 is 10.6 Å². The predicted octanol–water partition coefficient (Wildman–Crippen LogP) is 4.25. The third-order valence-electron chi connectivity index (χ3n) is 4.51. The molecule has 132 valence electrons. The summed E-state index contributed by atoms with van der Waals surface area (Å²) in [6.07, 6.45) is 0. The Hall–Kier alpha value is -3.00. The minimum absolute atomic E-state index is 0.834. The van der Waals surface area contributed by atoms with Crippen LogP contribution in [0.5, 0.6) is 0 Å². The largest absolute Gasteiger partial charge is 0.381 e. The second-order valence-corrected chi connectivity index (χ2v) is 6.55. The van der Waals surface area contributed by atoms with Gasteiger partial charge in [-0.3, -0.25) is 0 Å². The van der Waals surface area contributed by atoms with Crippen LogP contribution in [0.3, 0.4) is 0 Å². The molecule has 0 aliphatic heterocycles. The standard InChI is InChI=1S/C24H26N2/c1-19(17-25-21-11-5-3-6-12-21)23-15-9-10-16-24(23)20(2)18-26-22-13-7-4-8-14-22/h3-16,25-26H,17-18H2,1-2H3. The van der Waals surface area contributed by atoms with Crippen LogP contribution in [-0.2, 0) is 0 Å². The van der Waals surface area contributed by atoms with Gasteiger partial charge in [0.2, 0.25) is 0 Å². The highest BCUT2D eigenvalue weighted by Crippen LogP contribution is 2.07. The Bertz CT molecular complexity index is 864. The molecule has 3 aromatic rings. The fraction of sp³-hybridized carbons (Fsp3) is 0.167. The fourth-order valence-corrected chi connectivity index (χ4v) is 3.00. The number of para-hydroxylation sites is 2. The van der Waals surface area contributed by atoms with Crippen molar-refractivity contribution in [1.82, 2.24) is 0 Å². The number of nitrogens with one attached hydrogen (secondary N) is 2. The molecule has 0 saturated carbocycles. The van der Waals surface area contributed by atoms with Crippen molar-refractivity contribution in [2.75, 3.05) is 23.7 Å². The van der Waals surface area contributed by atoms with E-state index in [0.717, 1.165) is 24.5 Å². The SMILES string of the molecule is CC(CNc1ccccc1)=c1ccccc1=C(C)CNc1ccccc1. The van der Waals surface area contributed by atoms with Gasteiger partial charge in [0.15, 0.2) is 0 Å². The Morgan fingerprint density at radius 3 is 1.27 bits per heavy atom. The van der Waals surface area contributed by atoms with E-state index in [9.17, 15) is 0 Å². The lowest BCUT2D eigenvalue weighted by molar-refractivity contribution is 1.26. The number of hydrogen-bond acceptors (Lipinski definition) is 2. The van der Waals surface area contributed by atoms with Crippen LogP contribution in [0.2, 0.25) is 0 Å². The van der Waals surface area contributed by atoms with Crippen LogP contribution in [0.1, 0.15) is 13.8 Å². The molecule has 0 atom stereocenters. The molecule has 0 amide bonds. The summed E-state index contributed by atoms with van der Waals surface area (Å²) in [5.74, 6) is 0. The summed E-state index contributed by atoms with van der Waals surface area (Å²) in [6.45, 7) is 6.07. The number of benzene rings is 3. The van der Waals surface area contributed by atoms with Crippen molar-refractivity contribution >= 4 is 22.5 Å². The van der Waals surface area contributed by atoms with E-state index in [1.165, 1.54) is 21.6 Å². The quantitative estimate of drug-likeness (QED) is 0.700. The molecular formula is C24H26N2. The summed E-state index contributed by atoms with van der Waals surface area (Å²) in [5, 5.41) is 9.63. The van der Waals surface area contributed by atoms with Crippen molar-refractivity contribution in [2.45, 2.75) is 13.8 Å². The average Bonchev–Trinajstić information content (AvgIpc) is 2.72. The minimum Gasteiger partial charge on any atom is -0.381 e. The lowest BCUT2D eigenvalue weighted by Crippen LogP contribution is -2.31. The molecule has 2 nitrogen and oxygen atoms in total. The van der Waals surface area contributed by atoms with Crippen LogP contribution in [0.15, 0.2) is 84.9 Å². The summed E-state index contributed by atoms with van der Waals surface area (Å²) >= 11 is 0. The maximum atomic E-state index is 3.50. The zero-order valence-corrected chi connectivity index (χ0v) is 15.5. The molecule has 26 heavy (non-hydrogen) atoms. The first-order chi connectivity index (χ1) is 12.7. The molecule has 0 bridgehead atoms. The zero-order valence-electron chi connectivity index (χ0n) is 15.5. The number of hydrogen-bond donors (Lipinski definition) is 2. The van der Waals surface area contributed by atoms with Crippen LogP contribution in [0, 0.1) is 0 Å². The average molecular weight is 342 g/mol. The smallest absolute Gasteiger partial charge is 0.0366 e. The highest BCUT2D eigenvalue weighted by Gasteiger charge is 1.98. The normalized spacial score (nSPS) is 13.0. The molecule has 0 spiro atoms. The number of rotatable bonds is 6. The van der Waals surface area contributed by atoms with Crippen LogP contribution in [-0.4, -0.2) is 13.1 Å². The molecule has 0 aliphatic carbocycles. The Morgan fingerprint density at radius 2 is 0.885 bits per heavy atom. The number of anilines is 2. The minimum atomic E-state index is 0.834. The van der Waals surface area contributed by atoms with Crippen molar-refractivity contribution in [1.29, 1.82) is 0 Å². The molecular weight excluding hydrogens is 316 g/mol. The molecule has 2 N–H and O–H groups in total. The maximum absolute atomic E-state index is 3.50. The lowest BCUT2D eigenvalue weighted by atomic mass is 10.1. The second kappa shape index (κ2) is 8.91. The van der Waals surface area contributed by atoms with Gasteiger partial charge in [-0.1, -0.05) is 60.7 Å². The van der Waals surface area contributed by atoms with Gasteiger partial charge in [-0.05, 0) is 59.7 Å². The molecule has 0 heterocycles. The van der Waals surface area contributed by atoms with Crippen LogP contribution in [0.25, 0.3) is 11.1 Å². The highest BCUT2D eigenvalue weighted by molar-refractivity contribution is 5.57. The van der Waals surface area contributed by atoms with Crippen LogP contribution in [0.4, 0.5) is 11.4 Å². The topological polar surface area (TPSA) is 24.1 Å². The van der Waals surface area contributed by atoms with Crippen LogP contribution >= 0.6 is 0 Å². The summed E-state index contributed by atoms with van der Waals surface area (Å²) in [5.41, 5.74) is 4.97. The molecule has 0 unspecified atom stereocenters. The van der Waals surface area contributed by atoms with E-state index in [1.807, 2.05) is 12.1 Å².